The summed E-state index contributed by atoms with van der Waals surface area (Å²) in [5.74, 6) is -2.98. The molecule has 9 nitrogen and oxygen atoms in total. The average molecular weight is 349 g/mol. The number of H-pyrrole nitrogens is 1. The molecule has 0 aliphatic heterocycles. The number of aromatic hydroxyl groups is 1. The topological polar surface area (TPSA) is 166 Å². The molecule has 2 atom stereocenters. The van der Waals surface area contributed by atoms with Crippen LogP contribution in [0, 0.1) is 0 Å². The number of benzene rings is 1. The third-order valence-corrected chi connectivity index (χ3v) is 3.81. The standard InChI is InChI=1S/C16H19N3O6/c17-11(15(22)23)2-4-14(21)19-13(16(24)25)5-8-7-18-12-3-1-9(20)6-10(8)12/h1,3,6-7,11,13,18,20H,2,4-5,17H2,(H,19,21)(H,22,23)(H,24,25). The van der Waals surface area contributed by atoms with Gasteiger partial charge in [-0.15, -0.1) is 0 Å². The van der Waals surface area contributed by atoms with Gasteiger partial charge in [0.1, 0.15) is 17.8 Å². The maximum Gasteiger partial charge on any atom is 0.326 e. The third kappa shape index (κ3) is 4.70. The van der Waals surface area contributed by atoms with Crippen molar-refractivity contribution in [2.24, 2.45) is 5.73 Å². The Hall–Kier alpha value is -3.07. The summed E-state index contributed by atoms with van der Waals surface area (Å²) in [5.41, 5.74) is 6.68. The number of aromatic amines is 1. The molecule has 0 bridgehead atoms. The predicted octanol–water partition coefficient (Wildman–Crippen LogP) is 0.177. The fourth-order valence-electron chi connectivity index (χ4n) is 2.43. The van der Waals surface area contributed by atoms with Gasteiger partial charge in [0.25, 0.3) is 0 Å². The highest BCUT2D eigenvalue weighted by Crippen LogP contribution is 2.24. The summed E-state index contributed by atoms with van der Waals surface area (Å²) in [7, 11) is 0. The molecule has 7 N–H and O–H groups in total. The van der Waals surface area contributed by atoms with Crippen molar-refractivity contribution in [1.29, 1.82) is 0 Å². The van der Waals surface area contributed by atoms with Gasteiger partial charge in [0.15, 0.2) is 0 Å². The van der Waals surface area contributed by atoms with Crippen molar-refractivity contribution in [2.45, 2.75) is 31.3 Å². The minimum Gasteiger partial charge on any atom is -0.508 e. The van der Waals surface area contributed by atoms with Crippen molar-refractivity contribution in [3.05, 3.63) is 30.0 Å². The highest BCUT2D eigenvalue weighted by atomic mass is 16.4. The van der Waals surface area contributed by atoms with E-state index in [2.05, 4.69) is 10.3 Å². The van der Waals surface area contributed by atoms with Crippen LogP contribution in [0.15, 0.2) is 24.4 Å². The average Bonchev–Trinajstić information content (AvgIpc) is 2.93. The number of hydrogen-bond donors (Lipinski definition) is 6. The molecule has 1 amide bonds. The smallest absolute Gasteiger partial charge is 0.326 e. The van der Waals surface area contributed by atoms with Crippen LogP contribution in [0.3, 0.4) is 0 Å². The summed E-state index contributed by atoms with van der Waals surface area (Å²) in [6.45, 7) is 0. The van der Waals surface area contributed by atoms with Gasteiger partial charge in [-0.1, -0.05) is 0 Å². The summed E-state index contributed by atoms with van der Waals surface area (Å²) in [4.78, 5) is 36.9. The SMILES string of the molecule is NC(CCC(=O)NC(Cc1c[nH]c2ccc(O)cc12)C(=O)O)C(=O)O. The molecule has 0 saturated heterocycles. The van der Waals surface area contributed by atoms with E-state index in [9.17, 15) is 24.6 Å². The number of aliphatic carboxylic acids is 2. The molecular weight excluding hydrogens is 330 g/mol. The number of carbonyl (C=O) groups is 3. The Labute approximate surface area is 142 Å². The lowest BCUT2D eigenvalue weighted by Gasteiger charge is -2.15. The van der Waals surface area contributed by atoms with Crippen molar-refractivity contribution in [2.75, 3.05) is 0 Å². The Kier molecular flexibility index (Phi) is 5.60. The molecule has 134 valence electrons. The van der Waals surface area contributed by atoms with Gasteiger partial charge in [0.05, 0.1) is 0 Å². The first-order chi connectivity index (χ1) is 11.8. The number of aromatic nitrogens is 1. The predicted molar refractivity (Wildman–Crippen MR) is 88.1 cm³/mol. The molecule has 2 aromatic rings. The second-order valence-corrected chi connectivity index (χ2v) is 5.69. The van der Waals surface area contributed by atoms with Gasteiger partial charge in [0.2, 0.25) is 5.91 Å². The monoisotopic (exact) mass is 349 g/mol. The maximum absolute atomic E-state index is 11.9. The Morgan fingerprint density at radius 3 is 2.56 bits per heavy atom. The number of fused-ring (bicyclic) bond motifs is 1. The molecule has 1 aromatic carbocycles. The molecular formula is C16H19N3O6. The second kappa shape index (κ2) is 7.67. The summed E-state index contributed by atoms with van der Waals surface area (Å²) in [5, 5.41) is 30.6. The highest BCUT2D eigenvalue weighted by molar-refractivity contribution is 5.87. The number of hydrogen-bond acceptors (Lipinski definition) is 5. The highest BCUT2D eigenvalue weighted by Gasteiger charge is 2.23. The number of rotatable bonds is 8. The van der Waals surface area contributed by atoms with Gasteiger partial charge >= 0.3 is 11.9 Å². The molecule has 0 aliphatic carbocycles. The van der Waals surface area contributed by atoms with E-state index in [-0.39, 0.29) is 25.0 Å². The third-order valence-electron chi connectivity index (χ3n) is 3.81. The van der Waals surface area contributed by atoms with Gasteiger partial charge < -0.3 is 31.4 Å². The lowest BCUT2D eigenvalue weighted by atomic mass is 10.0. The van der Waals surface area contributed by atoms with E-state index in [1.807, 2.05) is 0 Å². The van der Waals surface area contributed by atoms with Crippen LogP contribution in [0.25, 0.3) is 10.9 Å². The normalized spacial score (nSPS) is 13.3. The number of phenolic OH excluding ortho intramolecular Hbond substituents is 1. The maximum atomic E-state index is 11.9. The van der Waals surface area contributed by atoms with Gasteiger partial charge in [-0.25, -0.2) is 4.79 Å². The molecule has 0 spiro atoms. The van der Waals surface area contributed by atoms with E-state index in [1.54, 1.807) is 12.3 Å². The van der Waals surface area contributed by atoms with E-state index in [1.165, 1.54) is 12.1 Å². The number of carboxylic acids is 2. The van der Waals surface area contributed by atoms with Crippen LogP contribution >= 0.6 is 0 Å². The summed E-state index contributed by atoms with van der Waals surface area (Å²) >= 11 is 0. The lowest BCUT2D eigenvalue weighted by Crippen LogP contribution is -2.43. The molecule has 0 radical (unpaired) electrons. The molecule has 0 fully saturated rings. The lowest BCUT2D eigenvalue weighted by molar-refractivity contribution is -0.142. The Morgan fingerprint density at radius 1 is 1.20 bits per heavy atom. The van der Waals surface area contributed by atoms with Crippen LogP contribution in [0.1, 0.15) is 18.4 Å². The van der Waals surface area contributed by atoms with Crippen molar-refractivity contribution in [3.63, 3.8) is 0 Å². The first-order valence-electron chi connectivity index (χ1n) is 7.57. The fraction of sp³-hybridized carbons (Fsp3) is 0.312. The van der Waals surface area contributed by atoms with Crippen molar-refractivity contribution in [1.82, 2.24) is 10.3 Å². The second-order valence-electron chi connectivity index (χ2n) is 5.69. The first kappa shape index (κ1) is 18.3. The van der Waals surface area contributed by atoms with E-state index >= 15 is 0 Å². The molecule has 0 saturated carbocycles. The van der Waals surface area contributed by atoms with Gasteiger partial charge in [-0.05, 0) is 30.2 Å². The number of carbonyl (C=O) groups excluding carboxylic acids is 1. The molecule has 25 heavy (non-hydrogen) atoms. The van der Waals surface area contributed by atoms with Gasteiger partial charge in [0, 0.05) is 29.9 Å². The van der Waals surface area contributed by atoms with Gasteiger partial charge in [-0.2, -0.15) is 0 Å². The Morgan fingerprint density at radius 2 is 1.92 bits per heavy atom. The zero-order valence-electron chi connectivity index (χ0n) is 13.2. The quantitative estimate of drug-likeness (QED) is 0.395. The van der Waals surface area contributed by atoms with Crippen LogP contribution in [0.5, 0.6) is 5.75 Å². The number of nitrogens with one attached hydrogen (secondary N) is 2. The van der Waals surface area contributed by atoms with Crippen LogP contribution in [0.2, 0.25) is 0 Å². The summed E-state index contributed by atoms with van der Waals surface area (Å²) in [6.07, 6.45) is 1.35. The van der Waals surface area contributed by atoms with Gasteiger partial charge in [-0.3, -0.25) is 9.59 Å². The van der Waals surface area contributed by atoms with E-state index in [4.69, 9.17) is 10.8 Å². The van der Waals surface area contributed by atoms with Crippen LogP contribution < -0.4 is 11.1 Å². The number of phenols is 1. The first-order valence-corrected chi connectivity index (χ1v) is 7.57. The van der Waals surface area contributed by atoms with Crippen molar-refractivity contribution in [3.8, 4) is 5.75 Å². The van der Waals surface area contributed by atoms with Crippen LogP contribution in [0.4, 0.5) is 0 Å². The Balaban J connectivity index is 2.05. The minimum atomic E-state index is -1.22. The van der Waals surface area contributed by atoms with E-state index < -0.39 is 29.9 Å². The number of nitrogens with two attached hydrogens (primary N) is 1. The summed E-state index contributed by atoms with van der Waals surface area (Å²) in [6, 6.07) is 2.31. The van der Waals surface area contributed by atoms with Crippen LogP contribution in [-0.2, 0) is 20.8 Å². The molecule has 2 unspecified atom stereocenters. The van der Waals surface area contributed by atoms with Crippen molar-refractivity contribution >= 4 is 28.7 Å². The number of carboxylic acid groups (broad SMARTS) is 2. The fourth-order valence-corrected chi connectivity index (χ4v) is 2.43. The van der Waals surface area contributed by atoms with Crippen molar-refractivity contribution < 1.29 is 29.7 Å². The Bertz CT molecular complexity index is 800. The molecule has 2 rings (SSSR count). The zero-order valence-corrected chi connectivity index (χ0v) is 13.2. The molecule has 1 heterocycles. The molecule has 0 aliphatic rings. The summed E-state index contributed by atoms with van der Waals surface area (Å²) < 4.78 is 0. The molecule has 1 aromatic heterocycles. The molecule has 9 heteroatoms. The largest absolute Gasteiger partial charge is 0.508 e. The zero-order chi connectivity index (χ0) is 18.6. The van der Waals surface area contributed by atoms with E-state index in [0.717, 1.165) is 5.52 Å². The minimum absolute atomic E-state index is 0.00944. The number of amides is 1. The van der Waals surface area contributed by atoms with E-state index in [0.29, 0.717) is 10.9 Å². The van der Waals surface area contributed by atoms with Crippen LogP contribution in [-0.4, -0.2) is 50.2 Å².